The van der Waals surface area contributed by atoms with Gasteiger partial charge in [-0.25, -0.2) is 4.79 Å². The van der Waals surface area contributed by atoms with Gasteiger partial charge in [0.05, 0.1) is 0 Å². The van der Waals surface area contributed by atoms with E-state index in [0.717, 1.165) is 5.56 Å². The molecule has 0 aliphatic rings. The molecule has 0 heterocycles. The molecule has 0 fully saturated rings. The van der Waals surface area contributed by atoms with Gasteiger partial charge >= 0.3 is 6.09 Å². The van der Waals surface area contributed by atoms with E-state index >= 15 is 0 Å². The first-order chi connectivity index (χ1) is 12.4. The van der Waals surface area contributed by atoms with Crippen LogP contribution >= 0.6 is 0 Å². The average molecular weight is 377 g/mol. The van der Waals surface area contributed by atoms with Gasteiger partial charge in [-0.1, -0.05) is 39.0 Å². The maximum atomic E-state index is 12.2. The summed E-state index contributed by atoms with van der Waals surface area (Å²) in [4.78, 5) is 35.7. The van der Waals surface area contributed by atoms with E-state index in [2.05, 4.69) is 16.0 Å². The molecule has 1 aromatic rings. The van der Waals surface area contributed by atoms with Gasteiger partial charge in [-0.2, -0.15) is 0 Å². The zero-order valence-electron chi connectivity index (χ0n) is 17.1. The standard InChI is InChI=1S/C20H31N3O4/c1-19(2,3)17(25)23-15-10-8-7-9-14(15)13-22-16(24)11-12-21-18(26)27-20(4,5)6/h7-10H,11-13H2,1-6H3,(H,21,26)(H,22,24)(H,23,25). The summed E-state index contributed by atoms with van der Waals surface area (Å²) in [6.45, 7) is 11.3. The minimum absolute atomic E-state index is 0.0946. The maximum absolute atomic E-state index is 12.2. The smallest absolute Gasteiger partial charge is 0.407 e. The minimum atomic E-state index is -0.576. The molecule has 0 saturated heterocycles. The Morgan fingerprint density at radius 3 is 2.19 bits per heavy atom. The quantitative estimate of drug-likeness (QED) is 0.709. The molecule has 1 aromatic carbocycles. The number of hydrogen-bond acceptors (Lipinski definition) is 4. The van der Waals surface area contributed by atoms with Gasteiger partial charge < -0.3 is 20.7 Å². The number of carbonyl (C=O) groups is 3. The molecular weight excluding hydrogens is 346 g/mol. The van der Waals surface area contributed by atoms with Crippen LogP contribution in [0.4, 0.5) is 10.5 Å². The molecule has 7 nitrogen and oxygen atoms in total. The lowest BCUT2D eigenvalue weighted by molar-refractivity contribution is -0.123. The Labute approximate surface area is 161 Å². The van der Waals surface area contributed by atoms with E-state index in [0.29, 0.717) is 5.69 Å². The lowest BCUT2D eigenvalue weighted by atomic mass is 9.95. The van der Waals surface area contributed by atoms with Crippen LogP contribution in [-0.2, 0) is 20.9 Å². The third-order valence-electron chi connectivity index (χ3n) is 3.44. The van der Waals surface area contributed by atoms with Crippen molar-refractivity contribution in [2.75, 3.05) is 11.9 Å². The maximum Gasteiger partial charge on any atom is 0.407 e. The van der Waals surface area contributed by atoms with Crippen LogP contribution in [0.2, 0.25) is 0 Å². The van der Waals surface area contributed by atoms with E-state index in [-0.39, 0.29) is 31.3 Å². The van der Waals surface area contributed by atoms with Gasteiger partial charge in [-0.3, -0.25) is 9.59 Å². The zero-order chi connectivity index (χ0) is 20.7. The van der Waals surface area contributed by atoms with Crippen molar-refractivity contribution in [3.63, 3.8) is 0 Å². The number of carbonyl (C=O) groups excluding carboxylic acids is 3. The molecular formula is C20H31N3O4. The number of hydrogen-bond donors (Lipinski definition) is 3. The van der Waals surface area contributed by atoms with Crippen LogP contribution in [0.1, 0.15) is 53.5 Å². The Hall–Kier alpha value is -2.57. The monoisotopic (exact) mass is 377 g/mol. The van der Waals surface area contributed by atoms with Gasteiger partial charge in [-0.15, -0.1) is 0 Å². The Bertz CT molecular complexity index is 673. The number of para-hydroxylation sites is 1. The first-order valence-electron chi connectivity index (χ1n) is 9.01. The van der Waals surface area contributed by atoms with Gasteiger partial charge in [0, 0.05) is 30.6 Å². The molecule has 0 aromatic heterocycles. The molecule has 150 valence electrons. The fraction of sp³-hybridized carbons (Fsp3) is 0.550. The SMILES string of the molecule is CC(C)(C)OC(=O)NCCC(=O)NCc1ccccc1NC(=O)C(C)(C)C. The van der Waals surface area contributed by atoms with Crippen molar-refractivity contribution in [1.82, 2.24) is 10.6 Å². The summed E-state index contributed by atoms with van der Waals surface area (Å²) in [5.41, 5.74) is 0.394. The average Bonchev–Trinajstić information content (AvgIpc) is 2.51. The highest BCUT2D eigenvalue weighted by atomic mass is 16.6. The molecule has 0 spiro atoms. The number of anilines is 1. The highest BCUT2D eigenvalue weighted by Crippen LogP contribution is 2.20. The summed E-state index contributed by atoms with van der Waals surface area (Å²) in [5, 5.41) is 8.22. The van der Waals surface area contributed by atoms with Crippen molar-refractivity contribution >= 4 is 23.6 Å². The van der Waals surface area contributed by atoms with Crippen molar-refractivity contribution in [3.8, 4) is 0 Å². The largest absolute Gasteiger partial charge is 0.444 e. The van der Waals surface area contributed by atoms with Crippen molar-refractivity contribution in [1.29, 1.82) is 0 Å². The Morgan fingerprint density at radius 2 is 1.59 bits per heavy atom. The van der Waals surface area contributed by atoms with Crippen molar-refractivity contribution in [3.05, 3.63) is 29.8 Å². The molecule has 0 aliphatic heterocycles. The first kappa shape index (κ1) is 22.5. The molecule has 0 aliphatic carbocycles. The van der Waals surface area contributed by atoms with Crippen molar-refractivity contribution in [2.45, 2.75) is 60.1 Å². The Kier molecular flexibility index (Phi) is 7.82. The first-order valence-corrected chi connectivity index (χ1v) is 9.01. The molecule has 1 rings (SSSR count). The molecule has 0 unspecified atom stereocenters. The molecule has 0 atom stereocenters. The van der Waals surface area contributed by atoms with Gasteiger partial charge in [0.25, 0.3) is 0 Å². The van der Waals surface area contributed by atoms with E-state index < -0.39 is 17.1 Å². The highest BCUT2D eigenvalue weighted by molar-refractivity contribution is 5.95. The number of alkyl carbamates (subject to hydrolysis) is 1. The van der Waals surface area contributed by atoms with Crippen LogP contribution in [0.15, 0.2) is 24.3 Å². The van der Waals surface area contributed by atoms with Crippen LogP contribution in [0.5, 0.6) is 0 Å². The summed E-state index contributed by atoms with van der Waals surface area (Å²) < 4.78 is 5.11. The predicted molar refractivity (Wildman–Crippen MR) is 105 cm³/mol. The Morgan fingerprint density at radius 1 is 0.963 bits per heavy atom. The van der Waals surface area contributed by atoms with Gasteiger partial charge in [-0.05, 0) is 32.4 Å². The molecule has 0 radical (unpaired) electrons. The number of ether oxygens (including phenoxy) is 1. The number of amides is 3. The van der Waals surface area contributed by atoms with Gasteiger partial charge in [0.15, 0.2) is 0 Å². The van der Waals surface area contributed by atoms with Crippen LogP contribution < -0.4 is 16.0 Å². The van der Waals surface area contributed by atoms with E-state index in [4.69, 9.17) is 4.74 Å². The molecule has 27 heavy (non-hydrogen) atoms. The van der Waals surface area contributed by atoms with Crippen LogP contribution in [0, 0.1) is 5.41 Å². The van der Waals surface area contributed by atoms with Gasteiger partial charge in [0.2, 0.25) is 11.8 Å². The summed E-state index contributed by atoms with van der Waals surface area (Å²) in [6, 6.07) is 7.32. The third-order valence-corrected chi connectivity index (χ3v) is 3.44. The summed E-state index contributed by atoms with van der Waals surface area (Å²) in [5.74, 6) is -0.300. The number of nitrogens with one attached hydrogen (secondary N) is 3. The topological polar surface area (TPSA) is 96.5 Å². The summed E-state index contributed by atoms with van der Waals surface area (Å²) >= 11 is 0. The summed E-state index contributed by atoms with van der Waals surface area (Å²) in [7, 11) is 0. The molecule has 3 N–H and O–H groups in total. The van der Waals surface area contributed by atoms with Crippen molar-refractivity contribution < 1.29 is 19.1 Å². The second kappa shape index (κ2) is 9.39. The second-order valence-electron chi connectivity index (χ2n) is 8.32. The highest BCUT2D eigenvalue weighted by Gasteiger charge is 2.22. The minimum Gasteiger partial charge on any atom is -0.444 e. The van der Waals surface area contributed by atoms with E-state index in [1.54, 1.807) is 26.8 Å². The van der Waals surface area contributed by atoms with Crippen LogP contribution in [0.3, 0.4) is 0 Å². The molecule has 0 saturated carbocycles. The van der Waals surface area contributed by atoms with E-state index in [9.17, 15) is 14.4 Å². The molecule has 7 heteroatoms. The zero-order valence-corrected chi connectivity index (χ0v) is 17.1. The van der Waals surface area contributed by atoms with Gasteiger partial charge in [0.1, 0.15) is 5.60 Å². The molecule has 0 bridgehead atoms. The Balaban J connectivity index is 2.48. The lowest BCUT2D eigenvalue weighted by Crippen LogP contribution is -2.35. The fourth-order valence-corrected chi connectivity index (χ4v) is 1.98. The fourth-order valence-electron chi connectivity index (χ4n) is 1.98. The van der Waals surface area contributed by atoms with E-state index in [1.807, 2.05) is 39.0 Å². The van der Waals surface area contributed by atoms with Crippen molar-refractivity contribution in [2.24, 2.45) is 5.41 Å². The lowest BCUT2D eigenvalue weighted by Gasteiger charge is -2.20. The van der Waals surface area contributed by atoms with Crippen LogP contribution in [-0.4, -0.2) is 30.1 Å². The third kappa shape index (κ3) is 9.08. The second-order valence-corrected chi connectivity index (χ2v) is 8.32. The number of benzene rings is 1. The normalized spacial score (nSPS) is 11.5. The van der Waals surface area contributed by atoms with E-state index in [1.165, 1.54) is 0 Å². The summed E-state index contributed by atoms with van der Waals surface area (Å²) in [6.07, 6.45) is -0.416. The number of rotatable bonds is 6. The van der Waals surface area contributed by atoms with Crippen LogP contribution in [0.25, 0.3) is 0 Å². The molecule has 3 amide bonds. The predicted octanol–water partition coefficient (Wildman–Crippen LogP) is 3.20.